The number of hydrogen-bond donors (Lipinski definition) is 0. The van der Waals surface area contributed by atoms with E-state index < -0.39 is 0 Å². The first-order chi connectivity index (χ1) is 11.6. The number of aromatic nitrogens is 4. The molecule has 0 saturated heterocycles. The molecule has 24 heavy (non-hydrogen) atoms. The second-order valence-corrected chi connectivity index (χ2v) is 6.68. The fourth-order valence-corrected chi connectivity index (χ4v) is 3.41. The molecule has 2 heterocycles. The van der Waals surface area contributed by atoms with Crippen LogP contribution in [0.5, 0.6) is 0 Å². The summed E-state index contributed by atoms with van der Waals surface area (Å²) in [5.41, 5.74) is 1.89. The topological polar surface area (TPSA) is 56.0 Å². The number of aryl methyl sites for hydroxylation is 1. The minimum absolute atomic E-state index is 0.619. The largest absolute Gasteiger partial charge is 0.264 e. The van der Waals surface area contributed by atoms with Crippen LogP contribution in [-0.2, 0) is 5.75 Å². The summed E-state index contributed by atoms with van der Waals surface area (Å²) in [5, 5.41) is 14.6. The van der Waals surface area contributed by atoms with Crippen molar-refractivity contribution in [2.24, 2.45) is 5.10 Å². The third-order valence-corrected chi connectivity index (χ3v) is 4.70. The van der Waals surface area contributed by atoms with Crippen molar-refractivity contribution in [3.05, 3.63) is 69.7 Å². The van der Waals surface area contributed by atoms with E-state index in [-0.39, 0.29) is 0 Å². The molecule has 8 heteroatoms. The Kier molecular flexibility index (Phi) is 5.50. The molecule has 0 atom stereocenters. The van der Waals surface area contributed by atoms with Gasteiger partial charge in [-0.05, 0) is 30.7 Å². The monoisotopic (exact) mass is 377 g/mol. The summed E-state index contributed by atoms with van der Waals surface area (Å²) in [6.07, 6.45) is 5.19. The Balaban J connectivity index is 1.76. The van der Waals surface area contributed by atoms with Gasteiger partial charge in [-0.15, -0.1) is 10.2 Å². The highest BCUT2D eigenvalue weighted by Crippen LogP contribution is 2.28. The van der Waals surface area contributed by atoms with Crippen LogP contribution in [0.15, 0.2) is 53.0 Å². The van der Waals surface area contributed by atoms with Crippen molar-refractivity contribution in [1.82, 2.24) is 19.9 Å². The molecule has 0 N–H and O–H groups in total. The fourth-order valence-electron chi connectivity index (χ4n) is 1.92. The highest BCUT2D eigenvalue weighted by Gasteiger charge is 2.10. The first kappa shape index (κ1) is 17.0. The molecule has 0 bridgehead atoms. The number of benzene rings is 1. The lowest BCUT2D eigenvalue weighted by Gasteiger charge is -2.05. The van der Waals surface area contributed by atoms with Gasteiger partial charge in [0.2, 0.25) is 5.16 Å². The second-order valence-electron chi connectivity index (χ2n) is 4.90. The highest BCUT2D eigenvalue weighted by molar-refractivity contribution is 7.98. The van der Waals surface area contributed by atoms with Gasteiger partial charge < -0.3 is 0 Å². The Bertz CT molecular complexity index is 864. The van der Waals surface area contributed by atoms with Crippen molar-refractivity contribution in [2.45, 2.75) is 17.8 Å². The fraction of sp³-hybridized carbons (Fsp3) is 0.125. The Labute approximate surface area is 153 Å². The van der Waals surface area contributed by atoms with Crippen LogP contribution in [0.2, 0.25) is 10.0 Å². The molecule has 0 radical (unpaired) electrons. The maximum atomic E-state index is 6.20. The van der Waals surface area contributed by atoms with Crippen LogP contribution in [-0.4, -0.2) is 26.1 Å². The number of rotatable bonds is 5. The van der Waals surface area contributed by atoms with Gasteiger partial charge in [-0.3, -0.25) is 4.98 Å². The third kappa shape index (κ3) is 4.14. The van der Waals surface area contributed by atoms with Gasteiger partial charge in [-0.2, -0.15) is 9.78 Å². The minimum Gasteiger partial charge on any atom is -0.264 e. The highest BCUT2D eigenvalue weighted by atomic mass is 35.5. The second kappa shape index (κ2) is 7.79. The summed E-state index contributed by atoms with van der Waals surface area (Å²) in [7, 11) is 0. The zero-order valence-electron chi connectivity index (χ0n) is 12.7. The first-order valence-corrected chi connectivity index (χ1v) is 8.81. The number of thioether (sulfide) groups is 1. The van der Waals surface area contributed by atoms with E-state index in [1.54, 1.807) is 29.4 Å². The average molecular weight is 378 g/mol. The zero-order valence-corrected chi connectivity index (χ0v) is 15.1. The predicted molar refractivity (Wildman–Crippen MR) is 98.0 cm³/mol. The Hall–Kier alpha value is -1.89. The van der Waals surface area contributed by atoms with Crippen LogP contribution in [0.1, 0.15) is 17.0 Å². The number of pyridine rings is 1. The standard InChI is InChI=1S/C16H13Cl2N5S/c1-11-21-22-16(23(11)20-9-12-3-2-6-19-8-12)24-10-13-4-5-14(17)7-15(13)18/h2-9H,10H2,1H3/b20-9-. The molecule has 5 nitrogen and oxygen atoms in total. The van der Waals surface area contributed by atoms with Crippen LogP contribution < -0.4 is 0 Å². The van der Waals surface area contributed by atoms with Crippen LogP contribution in [0.25, 0.3) is 0 Å². The van der Waals surface area contributed by atoms with Gasteiger partial charge in [0.25, 0.3) is 0 Å². The molecule has 1 aromatic carbocycles. The molecule has 0 spiro atoms. The van der Waals surface area contributed by atoms with E-state index in [2.05, 4.69) is 20.3 Å². The van der Waals surface area contributed by atoms with Crippen LogP contribution in [0.3, 0.4) is 0 Å². The van der Waals surface area contributed by atoms with Gasteiger partial charge in [-0.25, -0.2) is 0 Å². The molecule has 3 rings (SSSR count). The maximum Gasteiger partial charge on any atom is 0.212 e. The molecule has 0 fully saturated rings. The summed E-state index contributed by atoms with van der Waals surface area (Å²) in [5.74, 6) is 1.36. The van der Waals surface area contributed by atoms with Crippen LogP contribution in [0, 0.1) is 6.92 Å². The lowest BCUT2D eigenvalue weighted by Crippen LogP contribution is -1.96. The SMILES string of the molecule is Cc1nnc(SCc2ccc(Cl)cc2Cl)n1/N=C\c1cccnc1. The molecule has 0 unspecified atom stereocenters. The predicted octanol–water partition coefficient (Wildman–Crippen LogP) is 4.46. The summed E-state index contributed by atoms with van der Waals surface area (Å²) in [4.78, 5) is 4.06. The van der Waals surface area contributed by atoms with Crippen molar-refractivity contribution in [2.75, 3.05) is 0 Å². The van der Waals surface area contributed by atoms with Crippen molar-refractivity contribution < 1.29 is 0 Å². The van der Waals surface area contributed by atoms with E-state index in [0.29, 0.717) is 26.8 Å². The molecule has 0 aliphatic carbocycles. The molecule has 2 aromatic heterocycles. The van der Waals surface area contributed by atoms with E-state index in [1.165, 1.54) is 11.8 Å². The van der Waals surface area contributed by atoms with Crippen molar-refractivity contribution >= 4 is 41.2 Å². The van der Waals surface area contributed by atoms with Gasteiger partial charge in [-0.1, -0.05) is 47.1 Å². The van der Waals surface area contributed by atoms with E-state index >= 15 is 0 Å². The van der Waals surface area contributed by atoms with Crippen LogP contribution in [0.4, 0.5) is 0 Å². The minimum atomic E-state index is 0.619. The molecular weight excluding hydrogens is 365 g/mol. The van der Waals surface area contributed by atoms with Crippen molar-refractivity contribution in [3.8, 4) is 0 Å². The summed E-state index contributed by atoms with van der Waals surface area (Å²) >= 11 is 13.6. The quantitative estimate of drug-likeness (QED) is 0.486. The summed E-state index contributed by atoms with van der Waals surface area (Å²) in [6.45, 7) is 1.85. The average Bonchev–Trinajstić information content (AvgIpc) is 2.93. The van der Waals surface area contributed by atoms with Gasteiger partial charge >= 0.3 is 0 Å². The molecular formula is C16H13Cl2N5S. The van der Waals surface area contributed by atoms with Gasteiger partial charge in [0.15, 0.2) is 5.82 Å². The molecule has 0 amide bonds. The lowest BCUT2D eigenvalue weighted by molar-refractivity contribution is 0.744. The van der Waals surface area contributed by atoms with Crippen LogP contribution >= 0.6 is 35.0 Å². The van der Waals surface area contributed by atoms with Crippen molar-refractivity contribution in [3.63, 3.8) is 0 Å². The van der Waals surface area contributed by atoms with E-state index in [4.69, 9.17) is 23.2 Å². The summed E-state index contributed by atoms with van der Waals surface area (Å²) < 4.78 is 1.70. The molecule has 0 aliphatic heterocycles. The van der Waals surface area contributed by atoms with E-state index in [0.717, 1.165) is 11.1 Å². The van der Waals surface area contributed by atoms with Gasteiger partial charge in [0.1, 0.15) is 0 Å². The van der Waals surface area contributed by atoms with Gasteiger partial charge in [0.05, 0.1) is 6.21 Å². The molecule has 122 valence electrons. The summed E-state index contributed by atoms with van der Waals surface area (Å²) in [6, 6.07) is 9.24. The number of nitrogens with zero attached hydrogens (tertiary/aromatic N) is 5. The van der Waals surface area contributed by atoms with Gasteiger partial charge in [0, 0.05) is 33.8 Å². The zero-order chi connectivity index (χ0) is 16.9. The first-order valence-electron chi connectivity index (χ1n) is 7.06. The third-order valence-electron chi connectivity index (χ3n) is 3.15. The Morgan fingerprint density at radius 3 is 2.88 bits per heavy atom. The Morgan fingerprint density at radius 1 is 1.25 bits per heavy atom. The number of hydrogen-bond acceptors (Lipinski definition) is 5. The number of halogens is 2. The molecule has 0 saturated carbocycles. The maximum absolute atomic E-state index is 6.20. The van der Waals surface area contributed by atoms with Crippen molar-refractivity contribution in [1.29, 1.82) is 0 Å². The molecule has 0 aliphatic rings. The lowest BCUT2D eigenvalue weighted by atomic mass is 10.2. The Morgan fingerprint density at radius 2 is 2.12 bits per heavy atom. The smallest absolute Gasteiger partial charge is 0.212 e. The normalized spacial score (nSPS) is 11.3. The molecule has 3 aromatic rings. The van der Waals surface area contributed by atoms with E-state index in [9.17, 15) is 0 Å². The van der Waals surface area contributed by atoms with E-state index in [1.807, 2.05) is 31.2 Å².